The zero-order valence-corrected chi connectivity index (χ0v) is 15.7. The van der Waals surface area contributed by atoms with Crippen LogP contribution in [-0.4, -0.2) is 19.0 Å². The number of rotatable bonds is 16. The second-order valence-corrected chi connectivity index (χ2v) is 6.26. The molecule has 0 aromatic carbocycles. The van der Waals surface area contributed by atoms with E-state index < -0.39 is 5.79 Å². The average Bonchev–Trinajstić information content (AvgIpc) is 2.55. The topological polar surface area (TPSA) is 18.5 Å². The van der Waals surface area contributed by atoms with Crippen LogP contribution >= 0.6 is 0 Å². The zero-order chi connectivity index (χ0) is 16.7. The van der Waals surface area contributed by atoms with E-state index in [9.17, 15) is 0 Å². The van der Waals surface area contributed by atoms with Gasteiger partial charge in [-0.25, -0.2) is 0 Å². The van der Waals surface area contributed by atoms with E-state index in [1.165, 1.54) is 38.5 Å². The van der Waals surface area contributed by atoms with Gasteiger partial charge in [-0.3, -0.25) is 0 Å². The van der Waals surface area contributed by atoms with E-state index in [2.05, 4.69) is 40.3 Å². The molecule has 0 saturated heterocycles. The van der Waals surface area contributed by atoms with Gasteiger partial charge in [-0.2, -0.15) is 0 Å². The monoisotopic (exact) mass is 312 g/mol. The minimum absolute atomic E-state index is 0.293. The molecular formula is C20H40O2. The van der Waals surface area contributed by atoms with Crippen molar-refractivity contribution >= 4 is 0 Å². The molecule has 0 aromatic heterocycles. The molecule has 0 heterocycles. The van der Waals surface area contributed by atoms with Gasteiger partial charge in [0.25, 0.3) is 0 Å². The van der Waals surface area contributed by atoms with Crippen LogP contribution in [0.5, 0.6) is 0 Å². The Kier molecular flexibility index (Phi) is 14.0. The summed E-state index contributed by atoms with van der Waals surface area (Å²) in [6.45, 7) is 14.3. The SMILES string of the molecule is C=CC(CCCCCCCC)C(CC)(OCCC)OCCC. The molecule has 0 aliphatic carbocycles. The van der Waals surface area contributed by atoms with Crippen molar-refractivity contribution in [3.63, 3.8) is 0 Å². The minimum atomic E-state index is -0.461. The maximum absolute atomic E-state index is 6.19. The standard InChI is InChI=1S/C20H40O2/c1-6-11-12-13-14-15-16-19(9-4)20(10-5,21-17-7-2)22-18-8-3/h9,19H,4,6-8,10-18H2,1-3,5H3. The van der Waals surface area contributed by atoms with Crippen LogP contribution in [0.3, 0.4) is 0 Å². The van der Waals surface area contributed by atoms with E-state index in [0.29, 0.717) is 5.92 Å². The third-order valence-electron chi connectivity index (χ3n) is 4.31. The van der Waals surface area contributed by atoms with E-state index in [4.69, 9.17) is 9.47 Å². The van der Waals surface area contributed by atoms with Crippen LogP contribution in [0.4, 0.5) is 0 Å². The molecule has 0 fully saturated rings. The molecule has 0 radical (unpaired) electrons. The lowest BCUT2D eigenvalue weighted by Gasteiger charge is -2.38. The summed E-state index contributed by atoms with van der Waals surface area (Å²) >= 11 is 0. The van der Waals surface area contributed by atoms with Crippen molar-refractivity contribution in [1.29, 1.82) is 0 Å². The molecule has 22 heavy (non-hydrogen) atoms. The fraction of sp³-hybridized carbons (Fsp3) is 0.900. The summed E-state index contributed by atoms with van der Waals surface area (Å²) in [5, 5.41) is 0. The molecule has 0 amide bonds. The van der Waals surface area contributed by atoms with Gasteiger partial charge in [-0.15, -0.1) is 6.58 Å². The third kappa shape index (κ3) is 8.33. The Hall–Kier alpha value is -0.340. The van der Waals surface area contributed by atoms with E-state index in [-0.39, 0.29) is 0 Å². The summed E-state index contributed by atoms with van der Waals surface area (Å²) in [6, 6.07) is 0. The first-order valence-corrected chi connectivity index (χ1v) is 9.61. The molecule has 0 aliphatic rings. The Morgan fingerprint density at radius 1 is 0.818 bits per heavy atom. The number of unbranched alkanes of at least 4 members (excludes halogenated alkanes) is 5. The van der Waals surface area contributed by atoms with Gasteiger partial charge in [-0.1, -0.05) is 72.3 Å². The van der Waals surface area contributed by atoms with Gasteiger partial charge in [0, 0.05) is 19.1 Å². The van der Waals surface area contributed by atoms with Crippen molar-refractivity contribution in [3.05, 3.63) is 12.7 Å². The van der Waals surface area contributed by atoms with Crippen molar-refractivity contribution in [2.45, 2.75) is 97.7 Å². The first kappa shape index (κ1) is 21.7. The van der Waals surface area contributed by atoms with Gasteiger partial charge in [0.05, 0.1) is 0 Å². The molecule has 0 saturated carbocycles. The summed E-state index contributed by atoms with van der Waals surface area (Å²) in [4.78, 5) is 0. The summed E-state index contributed by atoms with van der Waals surface area (Å²) in [7, 11) is 0. The van der Waals surface area contributed by atoms with Crippen molar-refractivity contribution in [3.8, 4) is 0 Å². The van der Waals surface area contributed by atoms with Crippen LogP contribution in [0.15, 0.2) is 12.7 Å². The molecule has 1 atom stereocenters. The van der Waals surface area contributed by atoms with E-state index >= 15 is 0 Å². The molecule has 0 aliphatic heterocycles. The molecule has 1 unspecified atom stereocenters. The highest BCUT2D eigenvalue weighted by atomic mass is 16.7. The fourth-order valence-electron chi connectivity index (χ4n) is 2.93. The van der Waals surface area contributed by atoms with Crippen LogP contribution in [0.25, 0.3) is 0 Å². The molecule has 132 valence electrons. The summed E-state index contributed by atoms with van der Waals surface area (Å²) < 4.78 is 12.4. The Morgan fingerprint density at radius 2 is 1.36 bits per heavy atom. The van der Waals surface area contributed by atoms with Gasteiger partial charge in [-0.05, 0) is 25.7 Å². The van der Waals surface area contributed by atoms with Crippen molar-refractivity contribution in [2.75, 3.05) is 13.2 Å². The van der Waals surface area contributed by atoms with Crippen LogP contribution in [-0.2, 0) is 9.47 Å². The fourth-order valence-corrected chi connectivity index (χ4v) is 2.93. The second-order valence-electron chi connectivity index (χ2n) is 6.26. The molecule has 2 nitrogen and oxygen atoms in total. The Labute approximate surface area is 139 Å². The quantitative estimate of drug-likeness (QED) is 0.184. The van der Waals surface area contributed by atoms with Crippen LogP contribution in [0.1, 0.15) is 91.9 Å². The van der Waals surface area contributed by atoms with E-state index in [1.807, 2.05) is 0 Å². The van der Waals surface area contributed by atoms with Crippen molar-refractivity contribution in [2.24, 2.45) is 5.92 Å². The molecule has 0 rings (SSSR count). The molecule has 2 heteroatoms. The highest BCUT2D eigenvalue weighted by molar-refractivity contribution is 4.91. The van der Waals surface area contributed by atoms with E-state index in [0.717, 1.165) is 38.9 Å². The Morgan fingerprint density at radius 3 is 1.82 bits per heavy atom. The minimum Gasteiger partial charge on any atom is -0.349 e. The third-order valence-corrected chi connectivity index (χ3v) is 4.31. The highest BCUT2D eigenvalue weighted by Gasteiger charge is 2.37. The maximum Gasteiger partial charge on any atom is 0.174 e. The molecule has 0 spiro atoms. The zero-order valence-electron chi connectivity index (χ0n) is 15.7. The summed E-state index contributed by atoms with van der Waals surface area (Å²) in [5.74, 6) is -0.168. The predicted molar refractivity (Wildman–Crippen MR) is 97.2 cm³/mol. The Balaban J connectivity index is 4.50. The predicted octanol–water partition coefficient (Wildman–Crippen LogP) is 6.50. The lowest BCUT2D eigenvalue weighted by molar-refractivity contribution is -0.262. The lowest BCUT2D eigenvalue weighted by atomic mass is 9.89. The maximum atomic E-state index is 6.19. The normalized spacial score (nSPS) is 13.3. The molecular weight excluding hydrogens is 272 g/mol. The van der Waals surface area contributed by atoms with Crippen LogP contribution < -0.4 is 0 Å². The molecule has 0 N–H and O–H groups in total. The van der Waals surface area contributed by atoms with Gasteiger partial charge in [0.1, 0.15) is 0 Å². The van der Waals surface area contributed by atoms with Gasteiger partial charge < -0.3 is 9.47 Å². The van der Waals surface area contributed by atoms with Crippen molar-refractivity contribution < 1.29 is 9.47 Å². The smallest absolute Gasteiger partial charge is 0.174 e. The van der Waals surface area contributed by atoms with E-state index in [1.54, 1.807) is 0 Å². The van der Waals surface area contributed by atoms with Gasteiger partial charge in [0.2, 0.25) is 0 Å². The number of ether oxygens (including phenoxy) is 2. The molecule has 0 aromatic rings. The summed E-state index contributed by atoms with van der Waals surface area (Å²) in [6.07, 6.45) is 14.1. The Bertz CT molecular complexity index is 242. The van der Waals surface area contributed by atoms with Crippen LogP contribution in [0, 0.1) is 5.92 Å². The first-order chi connectivity index (χ1) is 10.7. The van der Waals surface area contributed by atoms with Gasteiger partial charge >= 0.3 is 0 Å². The largest absolute Gasteiger partial charge is 0.349 e. The number of hydrogen-bond acceptors (Lipinski definition) is 2. The lowest BCUT2D eigenvalue weighted by Crippen LogP contribution is -2.43. The van der Waals surface area contributed by atoms with Crippen LogP contribution in [0.2, 0.25) is 0 Å². The highest BCUT2D eigenvalue weighted by Crippen LogP contribution is 2.33. The second kappa shape index (κ2) is 14.3. The first-order valence-electron chi connectivity index (χ1n) is 9.61. The molecule has 0 bridgehead atoms. The average molecular weight is 313 g/mol. The van der Waals surface area contributed by atoms with Gasteiger partial charge in [0.15, 0.2) is 5.79 Å². The number of hydrogen-bond donors (Lipinski definition) is 0. The summed E-state index contributed by atoms with van der Waals surface area (Å²) in [5.41, 5.74) is 0. The van der Waals surface area contributed by atoms with Crippen molar-refractivity contribution in [1.82, 2.24) is 0 Å².